The predicted octanol–water partition coefficient (Wildman–Crippen LogP) is 0.989. The minimum Gasteiger partial charge on any atom is -0.394 e. The third kappa shape index (κ3) is 4.86. The van der Waals surface area contributed by atoms with Crippen molar-refractivity contribution in [2.75, 3.05) is 6.61 Å². The molecule has 1 atom stereocenters. The Kier molecular flexibility index (Phi) is 7.06. The van der Waals surface area contributed by atoms with E-state index < -0.39 is 24.0 Å². The molecule has 2 aromatic carbocycles. The number of imidazole rings is 1. The van der Waals surface area contributed by atoms with Crippen molar-refractivity contribution in [2.24, 2.45) is 14.1 Å². The summed E-state index contributed by atoms with van der Waals surface area (Å²) in [5.74, 6) is 0.535. The minimum atomic E-state index is -1.07. The summed E-state index contributed by atoms with van der Waals surface area (Å²) in [6.07, 6.45) is -1.07. The maximum absolute atomic E-state index is 13.0. The predicted molar refractivity (Wildman–Crippen MR) is 129 cm³/mol. The van der Waals surface area contributed by atoms with Crippen molar-refractivity contribution in [3.63, 3.8) is 0 Å². The van der Waals surface area contributed by atoms with Crippen LogP contribution in [0, 0.1) is 0 Å². The molecule has 0 bridgehead atoms. The number of aromatic nitrogens is 4. The van der Waals surface area contributed by atoms with Gasteiger partial charge in [0.2, 0.25) is 0 Å². The van der Waals surface area contributed by atoms with E-state index in [4.69, 9.17) is 0 Å². The molecule has 9 nitrogen and oxygen atoms in total. The first kappa shape index (κ1) is 23.6. The van der Waals surface area contributed by atoms with Crippen LogP contribution < -0.4 is 11.2 Å². The van der Waals surface area contributed by atoms with E-state index in [1.807, 2.05) is 36.4 Å². The normalized spacial score (nSPS) is 12.5. The van der Waals surface area contributed by atoms with Crippen LogP contribution in [0.15, 0.2) is 70.3 Å². The lowest BCUT2D eigenvalue weighted by Gasteiger charge is -2.23. The van der Waals surface area contributed by atoms with Gasteiger partial charge in [0.25, 0.3) is 5.56 Å². The Morgan fingerprint density at radius 1 is 0.882 bits per heavy atom. The highest BCUT2D eigenvalue weighted by Crippen LogP contribution is 2.18. The number of hydrogen-bond donors (Lipinski definition) is 2. The van der Waals surface area contributed by atoms with Crippen LogP contribution in [-0.2, 0) is 40.3 Å². The third-order valence-electron chi connectivity index (χ3n) is 5.89. The maximum atomic E-state index is 13.0. The average molecular weight is 464 g/mol. The van der Waals surface area contributed by atoms with Crippen LogP contribution in [0.5, 0.6) is 0 Å². The summed E-state index contributed by atoms with van der Waals surface area (Å²) < 4.78 is 3.99. The number of aliphatic hydroxyl groups is 2. The first-order valence-electron chi connectivity index (χ1n) is 11.1. The molecule has 0 unspecified atom stereocenters. The Morgan fingerprint density at radius 2 is 1.44 bits per heavy atom. The summed E-state index contributed by atoms with van der Waals surface area (Å²) >= 11 is 0. The van der Waals surface area contributed by atoms with Gasteiger partial charge in [-0.05, 0) is 11.1 Å². The molecule has 0 saturated carbocycles. The molecular formula is C25H29N5O4. The van der Waals surface area contributed by atoms with Crippen LogP contribution in [0.4, 0.5) is 0 Å². The molecule has 0 aliphatic rings. The number of benzene rings is 2. The molecule has 0 saturated heterocycles. The summed E-state index contributed by atoms with van der Waals surface area (Å²) in [4.78, 5) is 32.3. The highest BCUT2D eigenvalue weighted by molar-refractivity contribution is 5.71. The second-order valence-electron chi connectivity index (χ2n) is 8.47. The first-order valence-corrected chi connectivity index (χ1v) is 11.1. The molecular weight excluding hydrogens is 434 g/mol. The van der Waals surface area contributed by atoms with Gasteiger partial charge >= 0.3 is 5.69 Å². The van der Waals surface area contributed by atoms with Crippen LogP contribution >= 0.6 is 0 Å². The average Bonchev–Trinajstić information content (AvgIpc) is 3.20. The maximum Gasteiger partial charge on any atom is 0.332 e. The monoisotopic (exact) mass is 463 g/mol. The first-order chi connectivity index (χ1) is 16.4. The van der Waals surface area contributed by atoms with E-state index in [-0.39, 0.29) is 17.7 Å². The van der Waals surface area contributed by atoms with E-state index in [0.717, 1.165) is 15.7 Å². The van der Waals surface area contributed by atoms with E-state index in [1.165, 1.54) is 11.6 Å². The highest BCUT2D eigenvalue weighted by atomic mass is 16.3. The summed E-state index contributed by atoms with van der Waals surface area (Å²) in [7, 11) is 2.99. The molecule has 0 aliphatic carbocycles. The Hall–Kier alpha value is -3.53. The number of nitrogens with zero attached hydrogens (tertiary/aromatic N) is 5. The van der Waals surface area contributed by atoms with Gasteiger partial charge in [-0.2, -0.15) is 0 Å². The molecule has 0 aliphatic heterocycles. The Balaban J connectivity index is 1.80. The zero-order chi connectivity index (χ0) is 24.2. The fraction of sp³-hybridized carbons (Fsp3) is 0.320. The molecule has 9 heteroatoms. The van der Waals surface area contributed by atoms with Crippen LogP contribution in [0.25, 0.3) is 11.2 Å². The van der Waals surface area contributed by atoms with Crippen molar-refractivity contribution in [2.45, 2.75) is 32.3 Å². The fourth-order valence-electron chi connectivity index (χ4n) is 4.13. The molecule has 0 fully saturated rings. The molecule has 2 heterocycles. The molecule has 4 rings (SSSR count). The van der Waals surface area contributed by atoms with Gasteiger partial charge in [0.1, 0.15) is 5.82 Å². The lowest BCUT2D eigenvalue weighted by Crippen LogP contribution is -2.38. The third-order valence-corrected chi connectivity index (χ3v) is 5.89. The SMILES string of the molecule is Cn1c(=O)c2c(nc(CN(Cc3ccccc3)Cc3ccccc3)n2C[C@H](O)CO)n(C)c1=O. The lowest BCUT2D eigenvalue weighted by atomic mass is 10.1. The largest absolute Gasteiger partial charge is 0.394 e. The van der Waals surface area contributed by atoms with Gasteiger partial charge in [0.15, 0.2) is 11.2 Å². The van der Waals surface area contributed by atoms with Gasteiger partial charge in [-0.3, -0.25) is 18.8 Å². The quantitative estimate of drug-likeness (QED) is 0.384. The standard InChI is InChI=1S/C25H29N5O4/c1-27-23-22(24(33)28(2)25(27)34)30(15-20(32)17-31)21(26-23)16-29(13-18-9-5-3-6-10-18)14-19-11-7-4-8-12-19/h3-12,20,31-32H,13-17H2,1-2H3/t20-/m0/s1. The van der Waals surface area contributed by atoms with Gasteiger partial charge in [0.05, 0.1) is 25.8 Å². The minimum absolute atomic E-state index is 0.0136. The molecule has 4 aromatic rings. The summed E-state index contributed by atoms with van der Waals surface area (Å²) in [6, 6.07) is 20.1. The van der Waals surface area contributed by atoms with E-state index in [1.54, 1.807) is 11.6 Å². The number of hydrogen-bond acceptors (Lipinski definition) is 6. The van der Waals surface area contributed by atoms with E-state index in [9.17, 15) is 19.8 Å². The summed E-state index contributed by atoms with van der Waals surface area (Å²) in [5, 5.41) is 19.7. The van der Waals surface area contributed by atoms with E-state index in [2.05, 4.69) is 34.1 Å². The molecule has 2 N–H and O–H groups in total. The lowest BCUT2D eigenvalue weighted by molar-refractivity contribution is 0.0805. The fourth-order valence-corrected chi connectivity index (χ4v) is 4.13. The zero-order valence-electron chi connectivity index (χ0n) is 19.3. The van der Waals surface area contributed by atoms with Gasteiger partial charge < -0.3 is 14.8 Å². The van der Waals surface area contributed by atoms with Crippen molar-refractivity contribution in [3.8, 4) is 0 Å². The second kappa shape index (κ2) is 10.2. The Labute approximate surface area is 196 Å². The number of rotatable bonds is 9. The van der Waals surface area contributed by atoms with Gasteiger partial charge in [-0.1, -0.05) is 60.7 Å². The molecule has 0 amide bonds. The Bertz CT molecular complexity index is 1330. The topological polar surface area (TPSA) is 106 Å². The molecule has 178 valence electrons. The van der Waals surface area contributed by atoms with Gasteiger partial charge in [-0.15, -0.1) is 0 Å². The molecule has 0 radical (unpaired) electrons. The number of fused-ring (bicyclic) bond motifs is 1. The van der Waals surface area contributed by atoms with Gasteiger partial charge in [0, 0.05) is 27.2 Å². The van der Waals surface area contributed by atoms with E-state index >= 15 is 0 Å². The van der Waals surface area contributed by atoms with Gasteiger partial charge in [-0.25, -0.2) is 9.78 Å². The highest BCUT2D eigenvalue weighted by Gasteiger charge is 2.22. The van der Waals surface area contributed by atoms with Crippen molar-refractivity contribution < 1.29 is 10.2 Å². The Morgan fingerprint density at radius 3 is 1.97 bits per heavy atom. The molecule has 0 spiro atoms. The smallest absolute Gasteiger partial charge is 0.332 e. The zero-order valence-corrected chi connectivity index (χ0v) is 19.3. The number of aliphatic hydroxyl groups excluding tert-OH is 2. The molecule has 2 aromatic heterocycles. The second-order valence-corrected chi connectivity index (χ2v) is 8.47. The summed E-state index contributed by atoms with van der Waals surface area (Å²) in [6.45, 7) is 1.17. The van der Waals surface area contributed by atoms with Crippen LogP contribution in [-0.4, -0.2) is 46.5 Å². The van der Waals surface area contributed by atoms with Crippen molar-refractivity contribution >= 4 is 11.2 Å². The van der Waals surface area contributed by atoms with Crippen molar-refractivity contribution in [3.05, 3.63) is 98.5 Å². The van der Waals surface area contributed by atoms with Crippen molar-refractivity contribution in [1.82, 2.24) is 23.6 Å². The summed E-state index contributed by atoms with van der Waals surface area (Å²) in [5.41, 5.74) is 1.78. The van der Waals surface area contributed by atoms with E-state index in [0.29, 0.717) is 25.5 Å². The van der Waals surface area contributed by atoms with Crippen molar-refractivity contribution in [1.29, 1.82) is 0 Å². The molecule has 34 heavy (non-hydrogen) atoms. The van der Waals surface area contributed by atoms with Crippen LogP contribution in [0.2, 0.25) is 0 Å². The van der Waals surface area contributed by atoms with Crippen LogP contribution in [0.3, 0.4) is 0 Å². The van der Waals surface area contributed by atoms with Crippen LogP contribution in [0.1, 0.15) is 17.0 Å². The number of aryl methyl sites for hydroxylation is 1.